The number of urea groups is 1. The Kier molecular flexibility index (Phi) is 8.93. The summed E-state index contributed by atoms with van der Waals surface area (Å²) < 4.78 is 0. The zero-order chi connectivity index (χ0) is 28.1. The number of aromatic amines is 2. The number of carbonyl (C=O) groups excluding carboxylic acids is 2. The smallest absolute Gasteiger partial charge is 0.356 e. The predicted molar refractivity (Wildman–Crippen MR) is 150 cm³/mol. The summed E-state index contributed by atoms with van der Waals surface area (Å²) in [7, 11) is 1.70. The van der Waals surface area contributed by atoms with E-state index >= 15 is 0 Å². The number of likely N-dealkylation sites (tertiary alicyclic amines) is 1. The molecular formula is C29H40N6O4. The third kappa shape index (κ3) is 6.61. The topological polar surface area (TPSA) is 134 Å². The van der Waals surface area contributed by atoms with Gasteiger partial charge in [-0.15, -0.1) is 0 Å². The number of nitrogens with zero attached hydrogens (tertiary/aromatic N) is 3. The van der Waals surface area contributed by atoms with E-state index in [1.54, 1.807) is 18.9 Å². The summed E-state index contributed by atoms with van der Waals surface area (Å²) in [6.45, 7) is 7.11. The van der Waals surface area contributed by atoms with E-state index in [1.165, 1.54) is 0 Å². The molecule has 4 rings (SSSR count). The highest BCUT2D eigenvalue weighted by Crippen LogP contribution is 2.25. The Bertz CT molecular complexity index is 1300. The number of aromatic nitrogens is 3. The van der Waals surface area contributed by atoms with Crippen molar-refractivity contribution < 1.29 is 19.5 Å². The highest BCUT2D eigenvalue weighted by molar-refractivity contribution is 5.88. The molecule has 3 amide bonds. The van der Waals surface area contributed by atoms with E-state index in [1.807, 2.05) is 49.2 Å². The molecule has 10 heteroatoms. The highest BCUT2D eigenvalue weighted by Gasteiger charge is 2.33. The van der Waals surface area contributed by atoms with Gasteiger partial charge in [-0.05, 0) is 43.7 Å². The Morgan fingerprint density at radius 3 is 2.46 bits per heavy atom. The summed E-state index contributed by atoms with van der Waals surface area (Å²) in [6, 6.07) is 6.45. The maximum Gasteiger partial charge on any atom is 0.356 e. The van der Waals surface area contributed by atoms with Gasteiger partial charge in [-0.25, -0.2) is 14.6 Å². The Labute approximate surface area is 229 Å². The molecule has 3 heterocycles. The molecule has 0 unspecified atom stereocenters. The van der Waals surface area contributed by atoms with Gasteiger partial charge in [0.2, 0.25) is 5.91 Å². The summed E-state index contributed by atoms with van der Waals surface area (Å²) in [4.78, 5) is 53.1. The number of carbonyl (C=O) groups is 3. The second-order valence-electron chi connectivity index (χ2n) is 11.0. The van der Waals surface area contributed by atoms with Crippen molar-refractivity contribution >= 4 is 28.8 Å². The van der Waals surface area contributed by atoms with Crippen LogP contribution in [-0.2, 0) is 11.2 Å². The molecule has 39 heavy (non-hydrogen) atoms. The quantitative estimate of drug-likeness (QED) is 0.316. The van der Waals surface area contributed by atoms with Crippen LogP contribution in [-0.4, -0.2) is 73.9 Å². The molecule has 210 valence electrons. The van der Waals surface area contributed by atoms with Gasteiger partial charge < -0.3 is 30.2 Å². The van der Waals surface area contributed by atoms with E-state index in [0.29, 0.717) is 37.4 Å². The number of hydrogen-bond donors (Lipinski definition) is 4. The Morgan fingerprint density at radius 2 is 1.82 bits per heavy atom. The van der Waals surface area contributed by atoms with Crippen molar-refractivity contribution in [2.75, 3.05) is 20.1 Å². The van der Waals surface area contributed by atoms with Gasteiger partial charge in [-0.3, -0.25) is 4.79 Å². The van der Waals surface area contributed by atoms with E-state index in [2.05, 4.69) is 20.3 Å². The monoisotopic (exact) mass is 536 g/mol. The summed E-state index contributed by atoms with van der Waals surface area (Å²) >= 11 is 0. The number of aromatic carboxylic acids is 1. The number of H-pyrrole nitrogens is 2. The van der Waals surface area contributed by atoms with E-state index in [9.17, 15) is 19.5 Å². The van der Waals surface area contributed by atoms with E-state index < -0.39 is 18.1 Å². The minimum absolute atomic E-state index is 0.0737. The number of para-hydroxylation sites is 1. The van der Waals surface area contributed by atoms with Crippen molar-refractivity contribution in [3.63, 3.8) is 0 Å². The molecule has 1 aromatic carbocycles. The zero-order valence-electron chi connectivity index (χ0n) is 23.3. The Hall–Kier alpha value is -3.82. The van der Waals surface area contributed by atoms with Gasteiger partial charge in [0.1, 0.15) is 11.9 Å². The largest absolute Gasteiger partial charge is 0.476 e. The molecule has 0 saturated carbocycles. The molecule has 0 spiro atoms. The van der Waals surface area contributed by atoms with Crippen LogP contribution in [0.1, 0.15) is 79.6 Å². The Morgan fingerprint density at radius 1 is 1.13 bits per heavy atom. The third-order valence-electron chi connectivity index (χ3n) is 7.49. The van der Waals surface area contributed by atoms with Crippen LogP contribution in [0.2, 0.25) is 0 Å². The fraction of sp³-hybridized carbons (Fsp3) is 0.517. The normalized spacial score (nSPS) is 15.7. The van der Waals surface area contributed by atoms with Crippen molar-refractivity contribution in [3.05, 3.63) is 53.2 Å². The number of hydrogen-bond acceptors (Lipinski definition) is 4. The summed E-state index contributed by atoms with van der Waals surface area (Å²) in [5.41, 5.74) is 2.29. The summed E-state index contributed by atoms with van der Waals surface area (Å²) in [6.07, 6.45) is 6.95. The lowest BCUT2D eigenvalue weighted by Crippen LogP contribution is -2.53. The molecule has 3 aromatic rings. The number of aryl methyl sites for hydroxylation is 1. The van der Waals surface area contributed by atoms with Crippen LogP contribution >= 0.6 is 0 Å². The second-order valence-corrected chi connectivity index (χ2v) is 11.0. The molecule has 10 nitrogen and oxygen atoms in total. The van der Waals surface area contributed by atoms with E-state index in [4.69, 9.17) is 0 Å². The molecule has 4 N–H and O–H groups in total. The zero-order valence-corrected chi connectivity index (χ0v) is 23.3. The number of likely N-dealkylation sites (N-methyl/N-ethyl adjacent to an activating group) is 1. The highest BCUT2D eigenvalue weighted by atomic mass is 16.4. The SMILES string of the molecule is Cc1[nH]c([C@@H](Cc2c[nH]c3ccccc23)NC(=O)[C@H](CC(C)C)N(C)C(=O)N2CCCCCC2)nc1C(=O)O. The first-order valence-electron chi connectivity index (χ1n) is 13.8. The first-order valence-corrected chi connectivity index (χ1v) is 13.8. The maximum absolute atomic E-state index is 13.9. The average molecular weight is 537 g/mol. The van der Waals surface area contributed by atoms with Crippen molar-refractivity contribution in [1.82, 2.24) is 30.1 Å². The molecule has 2 atom stereocenters. The molecule has 2 aromatic heterocycles. The maximum atomic E-state index is 13.9. The van der Waals surface area contributed by atoms with Crippen LogP contribution in [0.5, 0.6) is 0 Å². The number of rotatable bonds is 9. The second kappa shape index (κ2) is 12.4. The van der Waals surface area contributed by atoms with E-state index in [-0.39, 0.29) is 23.6 Å². The van der Waals surface area contributed by atoms with Crippen LogP contribution in [0.4, 0.5) is 4.79 Å². The minimum Gasteiger partial charge on any atom is -0.476 e. The minimum atomic E-state index is -1.13. The lowest BCUT2D eigenvalue weighted by molar-refractivity contribution is -0.126. The predicted octanol–water partition coefficient (Wildman–Crippen LogP) is 4.64. The van der Waals surface area contributed by atoms with Crippen molar-refractivity contribution in [2.24, 2.45) is 5.92 Å². The van der Waals surface area contributed by atoms with Gasteiger partial charge in [-0.2, -0.15) is 0 Å². The molecule has 1 aliphatic heterocycles. The number of nitrogens with one attached hydrogen (secondary N) is 3. The average Bonchev–Trinajstić information content (AvgIpc) is 3.38. The lowest BCUT2D eigenvalue weighted by Gasteiger charge is -2.34. The van der Waals surface area contributed by atoms with Gasteiger partial charge >= 0.3 is 12.0 Å². The van der Waals surface area contributed by atoms with Crippen LogP contribution < -0.4 is 5.32 Å². The third-order valence-corrected chi connectivity index (χ3v) is 7.49. The summed E-state index contributed by atoms with van der Waals surface area (Å²) in [5.74, 6) is -0.872. The van der Waals surface area contributed by atoms with Crippen LogP contribution in [0.15, 0.2) is 30.5 Å². The molecule has 1 aliphatic rings. The van der Waals surface area contributed by atoms with Gasteiger partial charge in [0.15, 0.2) is 5.69 Å². The van der Waals surface area contributed by atoms with Crippen molar-refractivity contribution in [2.45, 2.75) is 71.4 Å². The first kappa shape index (κ1) is 28.2. The van der Waals surface area contributed by atoms with E-state index in [0.717, 1.165) is 42.1 Å². The fourth-order valence-electron chi connectivity index (χ4n) is 5.37. The standard InChI is InChI=1S/C29H40N6O4/c1-18(2)15-24(34(4)29(39)35-13-9-5-6-10-14-35)27(36)32-23(26-31-19(3)25(33-26)28(37)38)16-20-17-30-22-12-8-7-11-21(20)22/h7-8,11-12,17-18,23-24,30H,5-6,9-10,13-16H2,1-4H3,(H,31,33)(H,32,36)(H,37,38)/t23-,24+/m1/s1. The van der Waals surface area contributed by atoms with Gasteiger partial charge in [-0.1, -0.05) is 44.9 Å². The van der Waals surface area contributed by atoms with Crippen molar-refractivity contribution in [1.29, 1.82) is 0 Å². The summed E-state index contributed by atoms with van der Waals surface area (Å²) in [5, 5.41) is 13.7. The number of fused-ring (bicyclic) bond motifs is 1. The lowest BCUT2D eigenvalue weighted by atomic mass is 10.00. The number of amides is 3. The Balaban J connectivity index is 1.62. The van der Waals surface area contributed by atoms with Crippen LogP contribution in [0, 0.1) is 12.8 Å². The molecule has 1 saturated heterocycles. The number of benzene rings is 1. The van der Waals surface area contributed by atoms with Crippen molar-refractivity contribution in [3.8, 4) is 0 Å². The van der Waals surface area contributed by atoms with Crippen LogP contribution in [0.3, 0.4) is 0 Å². The van der Waals surface area contributed by atoms with Gasteiger partial charge in [0.25, 0.3) is 0 Å². The molecular weight excluding hydrogens is 496 g/mol. The molecule has 0 radical (unpaired) electrons. The van der Waals surface area contributed by atoms with Gasteiger partial charge in [0.05, 0.1) is 6.04 Å². The fourth-order valence-corrected chi connectivity index (χ4v) is 5.37. The molecule has 0 aliphatic carbocycles. The number of carboxylic acid groups (broad SMARTS) is 1. The molecule has 0 bridgehead atoms. The number of carboxylic acids is 1. The first-order chi connectivity index (χ1) is 18.7. The van der Waals surface area contributed by atoms with Gasteiger partial charge in [0, 0.05) is 49.4 Å². The molecule has 1 fully saturated rings. The number of imidazole rings is 1. The van der Waals surface area contributed by atoms with Crippen LogP contribution in [0.25, 0.3) is 10.9 Å².